The average molecular weight is 270 g/mol. The molecule has 0 unspecified atom stereocenters. The molecule has 0 aliphatic heterocycles. The first kappa shape index (κ1) is 14.5. The summed E-state index contributed by atoms with van der Waals surface area (Å²) in [5.41, 5.74) is 4.89. The molecule has 0 saturated carbocycles. The summed E-state index contributed by atoms with van der Waals surface area (Å²) in [6.07, 6.45) is 3.74. The molecular formula is C17H22N2O. The molecule has 3 nitrogen and oxygen atoms in total. The van der Waals surface area contributed by atoms with E-state index in [1.54, 1.807) is 7.11 Å². The van der Waals surface area contributed by atoms with Crippen LogP contribution >= 0.6 is 0 Å². The maximum absolute atomic E-state index is 5.34. The van der Waals surface area contributed by atoms with Gasteiger partial charge in [-0.05, 0) is 47.4 Å². The zero-order chi connectivity index (χ0) is 14.5. The number of aryl methyl sites for hydroxylation is 1. The lowest BCUT2D eigenvalue weighted by Gasteiger charge is -2.15. The first-order valence-corrected chi connectivity index (χ1v) is 6.93. The highest BCUT2D eigenvalue weighted by atomic mass is 16.5. The summed E-state index contributed by atoms with van der Waals surface area (Å²) in [6.45, 7) is 7.22. The van der Waals surface area contributed by atoms with Gasteiger partial charge in [0, 0.05) is 25.0 Å². The number of methoxy groups -OCH3 is 1. The number of hydrogen-bond donors (Lipinski definition) is 1. The Bertz CT molecular complexity index is 579. The van der Waals surface area contributed by atoms with Gasteiger partial charge in [-0.3, -0.25) is 4.98 Å². The molecule has 1 heterocycles. The summed E-state index contributed by atoms with van der Waals surface area (Å²) in [5.74, 6) is 0.890. The van der Waals surface area contributed by atoms with Crippen LogP contribution in [0.4, 0.5) is 0 Å². The van der Waals surface area contributed by atoms with Crippen LogP contribution in [0.2, 0.25) is 0 Å². The molecule has 0 aliphatic carbocycles. The van der Waals surface area contributed by atoms with E-state index in [1.165, 1.54) is 22.3 Å². The summed E-state index contributed by atoms with van der Waals surface area (Å²) in [7, 11) is 1.70. The zero-order valence-electron chi connectivity index (χ0n) is 12.6. The fraction of sp³-hybridized carbons (Fsp3) is 0.353. The number of nitrogens with one attached hydrogen (secondary N) is 1. The lowest BCUT2D eigenvalue weighted by atomic mass is 9.97. The minimum absolute atomic E-state index is 0.451. The zero-order valence-corrected chi connectivity index (χ0v) is 12.6. The molecule has 2 aromatic rings. The molecule has 0 bridgehead atoms. The second kappa shape index (κ2) is 6.53. The Labute approximate surface area is 121 Å². The van der Waals surface area contributed by atoms with Crippen molar-refractivity contribution >= 4 is 0 Å². The van der Waals surface area contributed by atoms with Gasteiger partial charge >= 0.3 is 0 Å². The summed E-state index contributed by atoms with van der Waals surface area (Å²) in [5, 5.41) is 3.47. The molecule has 20 heavy (non-hydrogen) atoms. The van der Waals surface area contributed by atoms with Gasteiger partial charge in [0.05, 0.1) is 7.11 Å². The normalized spacial score (nSPS) is 10.8. The standard InChI is InChI=1S/C17H22N2O/c1-12(2)19-11-14-9-15(20-4)5-6-17(14)16-7-8-18-10-13(16)3/h5-10,12,19H,11H2,1-4H3. The van der Waals surface area contributed by atoms with E-state index in [-0.39, 0.29) is 0 Å². The van der Waals surface area contributed by atoms with Crippen LogP contribution in [-0.2, 0) is 6.54 Å². The van der Waals surface area contributed by atoms with Gasteiger partial charge in [0.2, 0.25) is 0 Å². The Morgan fingerprint density at radius 1 is 1.20 bits per heavy atom. The second-order valence-corrected chi connectivity index (χ2v) is 5.25. The third kappa shape index (κ3) is 3.36. The lowest BCUT2D eigenvalue weighted by molar-refractivity contribution is 0.414. The Morgan fingerprint density at radius 2 is 2.00 bits per heavy atom. The first-order valence-electron chi connectivity index (χ1n) is 6.93. The van der Waals surface area contributed by atoms with Crippen molar-refractivity contribution in [1.82, 2.24) is 10.3 Å². The first-order chi connectivity index (χ1) is 9.61. The smallest absolute Gasteiger partial charge is 0.119 e. The van der Waals surface area contributed by atoms with E-state index in [1.807, 2.05) is 18.5 Å². The van der Waals surface area contributed by atoms with Crippen LogP contribution in [0.3, 0.4) is 0 Å². The van der Waals surface area contributed by atoms with Crippen molar-refractivity contribution in [2.45, 2.75) is 33.4 Å². The van der Waals surface area contributed by atoms with E-state index in [4.69, 9.17) is 4.74 Å². The molecule has 0 radical (unpaired) electrons. The average Bonchev–Trinajstić information content (AvgIpc) is 2.45. The molecule has 106 valence electrons. The molecule has 0 aliphatic rings. The Balaban J connectivity index is 2.43. The predicted octanol–water partition coefficient (Wildman–Crippen LogP) is 3.56. The third-order valence-corrected chi connectivity index (χ3v) is 3.32. The van der Waals surface area contributed by atoms with Crippen molar-refractivity contribution in [2.75, 3.05) is 7.11 Å². The van der Waals surface area contributed by atoms with Crippen LogP contribution < -0.4 is 10.1 Å². The Kier molecular flexibility index (Phi) is 4.74. The number of nitrogens with zero attached hydrogens (tertiary/aromatic N) is 1. The molecule has 0 saturated heterocycles. The van der Waals surface area contributed by atoms with Gasteiger partial charge in [0.1, 0.15) is 5.75 Å². The molecule has 0 spiro atoms. The maximum atomic E-state index is 5.34. The fourth-order valence-corrected chi connectivity index (χ4v) is 2.20. The van der Waals surface area contributed by atoms with Gasteiger partial charge < -0.3 is 10.1 Å². The lowest BCUT2D eigenvalue weighted by Crippen LogP contribution is -2.22. The number of hydrogen-bond acceptors (Lipinski definition) is 3. The van der Waals surface area contributed by atoms with Crippen LogP contribution in [0.25, 0.3) is 11.1 Å². The number of benzene rings is 1. The molecule has 0 atom stereocenters. The van der Waals surface area contributed by atoms with Gasteiger partial charge in [0.15, 0.2) is 0 Å². The van der Waals surface area contributed by atoms with Gasteiger partial charge in [-0.25, -0.2) is 0 Å². The van der Waals surface area contributed by atoms with Crippen LogP contribution in [-0.4, -0.2) is 18.1 Å². The van der Waals surface area contributed by atoms with Crippen molar-refractivity contribution in [3.05, 3.63) is 47.8 Å². The van der Waals surface area contributed by atoms with Gasteiger partial charge in [-0.2, -0.15) is 0 Å². The monoisotopic (exact) mass is 270 g/mol. The van der Waals surface area contributed by atoms with Crippen molar-refractivity contribution in [1.29, 1.82) is 0 Å². The van der Waals surface area contributed by atoms with Gasteiger partial charge in [0.25, 0.3) is 0 Å². The quantitative estimate of drug-likeness (QED) is 0.902. The fourth-order valence-electron chi connectivity index (χ4n) is 2.20. The number of rotatable bonds is 5. The van der Waals surface area contributed by atoms with Crippen molar-refractivity contribution in [2.24, 2.45) is 0 Å². The molecule has 3 heteroatoms. The van der Waals surface area contributed by atoms with Crippen LogP contribution in [0.15, 0.2) is 36.7 Å². The third-order valence-electron chi connectivity index (χ3n) is 3.32. The Hall–Kier alpha value is -1.87. The summed E-state index contributed by atoms with van der Waals surface area (Å²) in [6, 6.07) is 8.75. The molecular weight excluding hydrogens is 248 g/mol. The van der Waals surface area contributed by atoms with Crippen LogP contribution in [0.5, 0.6) is 5.75 Å². The highest BCUT2D eigenvalue weighted by Gasteiger charge is 2.09. The van der Waals surface area contributed by atoms with E-state index in [0.717, 1.165) is 12.3 Å². The van der Waals surface area contributed by atoms with Gasteiger partial charge in [-0.1, -0.05) is 19.9 Å². The van der Waals surface area contributed by atoms with Crippen molar-refractivity contribution < 1.29 is 4.74 Å². The number of pyridine rings is 1. The number of ether oxygens (including phenoxy) is 1. The van der Waals surface area contributed by atoms with E-state index >= 15 is 0 Å². The maximum Gasteiger partial charge on any atom is 0.119 e. The molecule has 1 N–H and O–H groups in total. The minimum atomic E-state index is 0.451. The van der Waals surface area contributed by atoms with E-state index < -0.39 is 0 Å². The van der Waals surface area contributed by atoms with Crippen LogP contribution in [0.1, 0.15) is 25.0 Å². The molecule has 2 rings (SSSR count). The highest BCUT2D eigenvalue weighted by molar-refractivity contribution is 5.70. The molecule has 0 fully saturated rings. The molecule has 0 amide bonds. The number of aromatic nitrogens is 1. The minimum Gasteiger partial charge on any atom is -0.497 e. The van der Waals surface area contributed by atoms with Crippen molar-refractivity contribution in [3.63, 3.8) is 0 Å². The second-order valence-electron chi connectivity index (χ2n) is 5.25. The summed E-state index contributed by atoms with van der Waals surface area (Å²) < 4.78 is 5.34. The largest absolute Gasteiger partial charge is 0.497 e. The SMILES string of the molecule is COc1ccc(-c2ccncc2C)c(CNC(C)C)c1. The predicted molar refractivity (Wildman–Crippen MR) is 82.9 cm³/mol. The van der Waals surface area contributed by atoms with Crippen LogP contribution in [0, 0.1) is 6.92 Å². The van der Waals surface area contributed by atoms with E-state index in [2.05, 4.69) is 49.3 Å². The van der Waals surface area contributed by atoms with E-state index in [9.17, 15) is 0 Å². The van der Waals surface area contributed by atoms with Gasteiger partial charge in [-0.15, -0.1) is 0 Å². The Morgan fingerprint density at radius 3 is 2.65 bits per heavy atom. The van der Waals surface area contributed by atoms with E-state index in [0.29, 0.717) is 6.04 Å². The summed E-state index contributed by atoms with van der Waals surface area (Å²) in [4.78, 5) is 4.17. The highest BCUT2D eigenvalue weighted by Crippen LogP contribution is 2.29. The molecule has 1 aromatic heterocycles. The van der Waals surface area contributed by atoms with Crippen molar-refractivity contribution in [3.8, 4) is 16.9 Å². The summed E-state index contributed by atoms with van der Waals surface area (Å²) >= 11 is 0. The molecule has 1 aromatic carbocycles. The topological polar surface area (TPSA) is 34.1 Å².